The Morgan fingerprint density at radius 1 is 1.08 bits per heavy atom. The van der Waals surface area contributed by atoms with Gasteiger partial charge in [0.1, 0.15) is 18.3 Å². The van der Waals surface area contributed by atoms with Crippen molar-refractivity contribution in [3.05, 3.63) is 36.5 Å². The molecule has 0 radical (unpaired) electrons. The molecule has 0 N–H and O–H groups in total. The summed E-state index contributed by atoms with van der Waals surface area (Å²) in [5, 5.41) is 0. The Morgan fingerprint density at radius 3 is 2.64 bits per heavy atom. The number of anilines is 1. The molecule has 0 saturated carbocycles. The Balaban J connectivity index is 1.87. The van der Waals surface area contributed by atoms with E-state index >= 15 is 0 Å². The minimum absolute atomic E-state index is 0.491. The maximum atomic E-state index is 5.75. The summed E-state index contributed by atoms with van der Waals surface area (Å²) in [4.78, 5) is 2.34. The summed E-state index contributed by atoms with van der Waals surface area (Å²) in [5.74, 6) is 2.01. The standard InChI is InChI=1S/C19H26N2O4/c1-22-11-12-25-15-21-14-16(17-5-3-4-6-18(17)23-2)13-19(21)20-7-9-24-10-8-20/h3-6,13-14H,7-12,15H2,1-2H3. The number of benzene rings is 1. The third kappa shape index (κ3) is 4.34. The van der Waals surface area contributed by atoms with Gasteiger partial charge in [0.2, 0.25) is 0 Å². The molecule has 136 valence electrons. The Kier molecular flexibility index (Phi) is 6.33. The first-order valence-electron chi connectivity index (χ1n) is 8.56. The van der Waals surface area contributed by atoms with E-state index in [0.717, 1.165) is 49.0 Å². The van der Waals surface area contributed by atoms with Gasteiger partial charge in [0.05, 0.1) is 33.5 Å². The van der Waals surface area contributed by atoms with Crippen molar-refractivity contribution >= 4 is 5.82 Å². The second-order valence-corrected chi connectivity index (χ2v) is 5.89. The summed E-state index contributed by atoms with van der Waals surface area (Å²) < 4.78 is 23.9. The molecular weight excluding hydrogens is 320 g/mol. The van der Waals surface area contributed by atoms with Crippen LogP contribution in [0.15, 0.2) is 36.5 Å². The van der Waals surface area contributed by atoms with Gasteiger partial charge in [0, 0.05) is 37.5 Å². The maximum Gasteiger partial charge on any atom is 0.126 e. The maximum absolute atomic E-state index is 5.75. The molecule has 1 aliphatic rings. The molecule has 0 unspecified atom stereocenters. The van der Waals surface area contributed by atoms with Crippen LogP contribution in [0.3, 0.4) is 0 Å². The van der Waals surface area contributed by atoms with Crippen molar-refractivity contribution in [3.8, 4) is 16.9 Å². The van der Waals surface area contributed by atoms with Crippen molar-refractivity contribution in [2.24, 2.45) is 0 Å². The van der Waals surface area contributed by atoms with Gasteiger partial charge in [-0.15, -0.1) is 0 Å². The lowest BCUT2D eigenvalue weighted by Crippen LogP contribution is -2.37. The van der Waals surface area contributed by atoms with Crippen LogP contribution in [0.4, 0.5) is 5.82 Å². The van der Waals surface area contributed by atoms with Crippen LogP contribution in [0.5, 0.6) is 5.75 Å². The van der Waals surface area contributed by atoms with E-state index in [4.69, 9.17) is 18.9 Å². The molecule has 0 aliphatic carbocycles. The summed E-state index contributed by atoms with van der Waals surface area (Å²) in [6.45, 7) is 4.92. The lowest BCUT2D eigenvalue weighted by atomic mass is 10.1. The fourth-order valence-electron chi connectivity index (χ4n) is 3.00. The zero-order valence-electron chi connectivity index (χ0n) is 14.9. The number of nitrogens with zero attached hydrogens (tertiary/aromatic N) is 2. The molecule has 3 rings (SSSR count). The molecule has 1 saturated heterocycles. The Labute approximate surface area is 148 Å². The van der Waals surface area contributed by atoms with E-state index in [1.54, 1.807) is 14.2 Å². The zero-order chi connectivity index (χ0) is 17.5. The minimum atomic E-state index is 0.491. The van der Waals surface area contributed by atoms with Gasteiger partial charge in [0.25, 0.3) is 0 Å². The van der Waals surface area contributed by atoms with Crippen LogP contribution < -0.4 is 9.64 Å². The molecule has 0 spiro atoms. The van der Waals surface area contributed by atoms with Crippen molar-refractivity contribution in [3.63, 3.8) is 0 Å². The third-order valence-electron chi connectivity index (χ3n) is 4.29. The van der Waals surface area contributed by atoms with Gasteiger partial charge in [-0.2, -0.15) is 0 Å². The molecule has 2 aromatic rings. The van der Waals surface area contributed by atoms with Crippen molar-refractivity contribution in [2.45, 2.75) is 6.73 Å². The summed E-state index contributed by atoms with van der Waals surface area (Å²) >= 11 is 0. The molecule has 1 fully saturated rings. The largest absolute Gasteiger partial charge is 0.496 e. The molecule has 0 amide bonds. The van der Waals surface area contributed by atoms with Crippen LogP contribution in [0, 0.1) is 0 Å². The first kappa shape index (κ1) is 17.8. The first-order chi connectivity index (χ1) is 12.3. The number of ether oxygens (including phenoxy) is 4. The average molecular weight is 346 g/mol. The Hall–Kier alpha value is -2.02. The number of para-hydroxylation sites is 1. The summed E-state index contributed by atoms with van der Waals surface area (Å²) in [6, 6.07) is 10.3. The van der Waals surface area contributed by atoms with Gasteiger partial charge >= 0.3 is 0 Å². The van der Waals surface area contributed by atoms with E-state index in [0.29, 0.717) is 19.9 Å². The van der Waals surface area contributed by atoms with Crippen molar-refractivity contribution in [1.29, 1.82) is 0 Å². The highest BCUT2D eigenvalue weighted by atomic mass is 16.5. The molecule has 1 aliphatic heterocycles. The SMILES string of the molecule is COCCOCn1cc(-c2ccccc2OC)cc1N1CCOCC1. The van der Waals surface area contributed by atoms with Crippen LogP contribution >= 0.6 is 0 Å². The highest BCUT2D eigenvalue weighted by molar-refractivity contribution is 5.73. The normalized spacial score (nSPS) is 14.7. The molecule has 2 heterocycles. The van der Waals surface area contributed by atoms with Gasteiger partial charge in [0.15, 0.2) is 0 Å². The number of rotatable bonds is 8. The van der Waals surface area contributed by atoms with Crippen LogP contribution in [-0.4, -0.2) is 58.3 Å². The molecule has 1 aromatic heterocycles. The first-order valence-corrected chi connectivity index (χ1v) is 8.56. The van der Waals surface area contributed by atoms with E-state index in [9.17, 15) is 0 Å². The molecule has 25 heavy (non-hydrogen) atoms. The molecule has 0 atom stereocenters. The number of morpholine rings is 1. The lowest BCUT2D eigenvalue weighted by Gasteiger charge is -2.29. The van der Waals surface area contributed by atoms with E-state index in [1.807, 2.05) is 18.2 Å². The molecule has 6 nitrogen and oxygen atoms in total. The zero-order valence-corrected chi connectivity index (χ0v) is 14.9. The number of hydrogen-bond donors (Lipinski definition) is 0. The monoisotopic (exact) mass is 346 g/mol. The van der Waals surface area contributed by atoms with Crippen LogP contribution in [0.2, 0.25) is 0 Å². The third-order valence-corrected chi connectivity index (χ3v) is 4.29. The molecular formula is C19H26N2O4. The van der Waals surface area contributed by atoms with E-state index in [2.05, 4.69) is 27.8 Å². The summed E-state index contributed by atoms with van der Waals surface area (Å²) in [7, 11) is 3.38. The van der Waals surface area contributed by atoms with Crippen molar-refractivity contribution in [2.75, 3.05) is 58.6 Å². The Bertz CT molecular complexity index is 665. The van der Waals surface area contributed by atoms with Gasteiger partial charge in [-0.3, -0.25) is 0 Å². The van der Waals surface area contributed by atoms with E-state index in [-0.39, 0.29) is 0 Å². The van der Waals surface area contributed by atoms with Crippen LogP contribution in [-0.2, 0) is 20.9 Å². The van der Waals surface area contributed by atoms with E-state index in [1.165, 1.54) is 0 Å². The van der Waals surface area contributed by atoms with Gasteiger partial charge in [-0.25, -0.2) is 0 Å². The molecule has 1 aromatic carbocycles. The predicted octanol–water partition coefficient (Wildman–Crippen LogP) is 2.62. The predicted molar refractivity (Wildman–Crippen MR) is 97.3 cm³/mol. The minimum Gasteiger partial charge on any atom is -0.496 e. The fraction of sp³-hybridized carbons (Fsp3) is 0.474. The van der Waals surface area contributed by atoms with Gasteiger partial charge in [-0.1, -0.05) is 18.2 Å². The quantitative estimate of drug-likeness (QED) is 0.688. The topological polar surface area (TPSA) is 45.1 Å². The number of aromatic nitrogens is 1. The van der Waals surface area contributed by atoms with Crippen LogP contribution in [0.25, 0.3) is 11.1 Å². The smallest absolute Gasteiger partial charge is 0.126 e. The van der Waals surface area contributed by atoms with Gasteiger partial charge < -0.3 is 28.4 Å². The second-order valence-electron chi connectivity index (χ2n) is 5.89. The van der Waals surface area contributed by atoms with Crippen molar-refractivity contribution < 1.29 is 18.9 Å². The van der Waals surface area contributed by atoms with E-state index < -0.39 is 0 Å². The summed E-state index contributed by atoms with van der Waals surface area (Å²) in [5.41, 5.74) is 2.20. The molecule has 6 heteroatoms. The highest BCUT2D eigenvalue weighted by Crippen LogP contribution is 2.33. The average Bonchev–Trinajstić information content (AvgIpc) is 3.10. The van der Waals surface area contributed by atoms with Crippen molar-refractivity contribution in [1.82, 2.24) is 4.57 Å². The number of hydrogen-bond acceptors (Lipinski definition) is 5. The lowest BCUT2D eigenvalue weighted by molar-refractivity contribution is 0.0344. The van der Waals surface area contributed by atoms with Gasteiger partial charge in [-0.05, 0) is 12.1 Å². The fourth-order valence-corrected chi connectivity index (χ4v) is 3.00. The molecule has 0 bridgehead atoms. The second kappa shape index (κ2) is 8.89. The summed E-state index contributed by atoms with van der Waals surface area (Å²) in [6.07, 6.45) is 2.12. The van der Waals surface area contributed by atoms with Crippen LogP contribution in [0.1, 0.15) is 0 Å². The Morgan fingerprint density at radius 2 is 1.88 bits per heavy atom. The number of methoxy groups -OCH3 is 2. The highest BCUT2D eigenvalue weighted by Gasteiger charge is 2.18.